The number of allylic oxidation sites excluding steroid dienone is 3. The summed E-state index contributed by atoms with van der Waals surface area (Å²) in [4.78, 5) is 4.29. The maximum atomic E-state index is 4.29. The van der Waals surface area contributed by atoms with Gasteiger partial charge in [-0.15, -0.1) is 6.58 Å². The van der Waals surface area contributed by atoms with E-state index >= 15 is 0 Å². The molecule has 0 N–H and O–H groups in total. The normalized spacial score (nSPS) is 29.8. The molecule has 60 valence electrons. The van der Waals surface area contributed by atoms with E-state index in [0.717, 1.165) is 18.5 Å². The molecule has 0 saturated heterocycles. The molecule has 0 aromatic carbocycles. The highest BCUT2D eigenvalue weighted by Crippen LogP contribution is 2.29. The molecular weight excluding hydrogens is 134 g/mol. The van der Waals surface area contributed by atoms with Gasteiger partial charge in [-0.2, -0.15) is 0 Å². The number of hydrogen-bond acceptors (Lipinski definition) is 1. The second-order valence-electron chi connectivity index (χ2n) is 3.10. The Kier molecular flexibility index (Phi) is 2.28. The minimum absolute atomic E-state index is 0.138. The van der Waals surface area contributed by atoms with Crippen molar-refractivity contribution < 1.29 is 0 Å². The van der Waals surface area contributed by atoms with Crippen LogP contribution in [-0.2, 0) is 0 Å². The lowest BCUT2D eigenvalue weighted by molar-refractivity contribution is 0.525. The fraction of sp³-hybridized carbons (Fsp3) is 0.500. The van der Waals surface area contributed by atoms with Crippen LogP contribution in [0.5, 0.6) is 0 Å². The SMILES string of the molecule is C=CC1(CC)C=NC(C)=CC1. The minimum Gasteiger partial charge on any atom is -0.265 e. The van der Waals surface area contributed by atoms with Crippen molar-refractivity contribution in [3.63, 3.8) is 0 Å². The van der Waals surface area contributed by atoms with Crippen LogP contribution in [0.15, 0.2) is 29.4 Å². The molecule has 1 aliphatic rings. The Balaban J connectivity index is 2.79. The largest absolute Gasteiger partial charge is 0.265 e. The summed E-state index contributed by atoms with van der Waals surface area (Å²) in [6.07, 6.45) is 8.34. The van der Waals surface area contributed by atoms with Crippen LogP contribution >= 0.6 is 0 Å². The van der Waals surface area contributed by atoms with Crippen molar-refractivity contribution in [2.24, 2.45) is 10.4 Å². The van der Waals surface area contributed by atoms with Crippen LogP contribution in [0.3, 0.4) is 0 Å². The Labute approximate surface area is 68.5 Å². The van der Waals surface area contributed by atoms with E-state index in [-0.39, 0.29) is 5.41 Å². The van der Waals surface area contributed by atoms with Crippen LogP contribution in [0.25, 0.3) is 0 Å². The van der Waals surface area contributed by atoms with Crippen molar-refractivity contribution in [3.8, 4) is 0 Å². The monoisotopic (exact) mass is 149 g/mol. The Morgan fingerprint density at radius 1 is 1.82 bits per heavy atom. The van der Waals surface area contributed by atoms with Gasteiger partial charge in [-0.1, -0.05) is 19.1 Å². The molecule has 1 unspecified atom stereocenters. The predicted molar refractivity (Wildman–Crippen MR) is 49.8 cm³/mol. The topological polar surface area (TPSA) is 12.4 Å². The molecule has 0 amide bonds. The van der Waals surface area contributed by atoms with Gasteiger partial charge in [0, 0.05) is 17.3 Å². The quantitative estimate of drug-likeness (QED) is 0.535. The van der Waals surface area contributed by atoms with Crippen LogP contribution in [-0.4, -0.2) is 6.21 Å². The minimum atomic E-state index is 0.138. The molecule has 0 aromatic rings. The summed E-state index contributed by atoms with van der Waals surface area (Å²) in [5, 5.41) is 0. The van der Waals surface area contributed by atoms with Gasteiger partial charge in [-0.05, 0) is 19.8 Å². The van der Waals surface area contributed by atoms with Gasteiger partial charge >= 0.3 is 0 Å². The summed E-state index contributed by atoms with van der Waals surface area (Å²) < 4.78 is 0. The zero-order chi connectivity index (χ0) is 8.32. The number of rotatable bonds is 2. The highest BCUT2D eigenvalue weighted by molar-refractivity contribution is 5.71. The molecular formula is C10H15N. The van der Waals surface area contributed by atoms with E-state index in [0.29, 0.717) is 0 Å². The van der Waals surface area contributed by atoms with Gasteiger partial charge in [0.15, 0.2) is 0 Å². The smallest absolute Gasteiger partial charge is 0.0329 e. The first-order valence-corrected chi connectivity index (χ1v) is 4.08. The predicted octanol–water partition coefficient (Wildman–Crippen LogP) is 2.95. The van der Waals surface area contributed by atoms with E-state index in [1.165, 1.54) is 0 Å². The Morgan fingerprint density at radius 2 is 2.55 bits per heavy atom. The standard InChI is InChI=1S/C10H15N/c1-4-10(5-2)7-6-9(3)11-8-10/h4,6,8H,1,5,7H2,2-3H3. The van der Waals surface area contributed by atoms with E-state index in [9.17, 15) is 0 Å². The van der Waals surface area contributed by atoms with E-state index in [2.05, 4.69) is 24.6 Å². The first-order chi connectivity index (χ1) is 5.22. The summed E-state index contributed by atoms with van der Waals surface area (Å²) in [6, 6.07) is 0. The van der Waals surface area contributed by atoms with Crippen LogP contribution in [0.2, 0.25) is 0 Å². The van der Waals surface area contributed by atoms with Gasteiger partial charge < -0.3 is 0 Å². The van der Waals surface area contributed by atoms with Crippen molar-refractivity contribution in [1.82, 2.24) is 0 Å². The second kappa shape index (κ2) is 3.04. The molecule has 1 atom stereocenters. The molecule has 0 radical (unpaired) electrons. The summed E-state index contributed by atoms with van der Waals surface area (Å²) in [6.45, 7) is 8.03. The van der Waals surface area contributed by atoms with E-state index in [4.69, 9.17) is 0 Å². The Bertz CT molecular complexity index is 213. The van der Waals surface area contributed by atoms with Gasteiger partial charge in [0.25, 0.3) is 0 Å². The molecule has 0 bridgehead atoms. The second-order valence-corrected chi connectivity index (χ2v) is 3.10. The fourth-order valence-corrected chi connectivity index (χ4v) is 1.19. The Hall–Kier alpha value is -0.850. The average Bonchev–Trinajstić information content (AvgIpc) is 2.07. The zero-order valence-electron chi connectivity index (χ0n) is 7.30. The number of nitrogens with zero attached hydrogens (tertiary/aromatic N) is 1. The molecule has 0 aliphatic carbocycles. The van der Waals surface area contributed by atoms with Gasteiger partial charge in [-0.3, -0.25) is 4.99 Å². The highest BCUT2D eigenvalue weighted by Gasteiger charge is 2.22. The molecule has 1 aliphatic heterocycles. The first kappa shape index (κ1) is 8.25. The van der Waals surface area contributed by atoms with E-state index in [1.807, 2.05) is 19.2 Å². The van der Waals surface area contributed by atoms with E-state index in [1.54, 1.807) is 0 Å². The lowest BCUT2D eigenvalue weighted by Gasteiger charge is -2.25. The van der Waals surface area contributed by atoms with Crippen molar-refractivity contribution >= 4 is 6.21 Å². The van der Waals surface area contributed by atoms with Crippen molar-refractivity contribution in [3.05, 3.63) is 24.4 Å². The van der Waals surface area contributed by atoms with Crippen LogP contribution in [0, 0.1) is 5.41 Å². The van der Waals surface area contributed by atoms with Crippen molar-refractivity contribution in [2.75, 3.05) is 0 Å². The van der Waals surface area contributed by atoms with Crippen molar-refractivity contribution in [1.29, 1.82) is 0 Å². The molecule has 11 heavy (non-hydrogen) atoms. The third-order valence-electron chi connectivity index (χ3n) is 2.37. The lowest BCUT2D eigenvalue weighted by Crippen LogP contribution is -2.19. The number of aliphatic imine (C=N–C) groups is 1. The van der Waals surface area contributed by atoms with Crippen LogP contribution < -0.4 is 0 Å². The Morgan fingerprint density at radius 3 is 2.91 bits per heavy atom. The molecule has 0 aromatic heterocycles. The summed E-state index contributed by atoms with van der Waals surface area (Å²) >= 11 is 0. The summed E-state index contributed by atoms with van der Waals surface area (Å²) in [5.41, 5.74) is 1.26. The molecule has 1 heterocycles. The molecule has 1 nitrogen and oxygen atoms in total. The summed E-state index contributed by atoms with van der Waals surface area (Å²) in [7, 11) is 0. The highest BCUT2D eigenvalue weighted by atomic mass is 14.7. The third kappa shape index (κ3) is 1.59. The van der Waals surface area contributed by atoms with Gasteiger partial charge in [-0.25, -0.2) is 0 Å². The maximum absolute atomic E-state index is 4.29. The molecule has 0 saturated carbocycles. The van der Waals surface area contributed by atoms with Gasteiger partial charge in [0.05, 0.1) is 0 Å². The fourth-order valence-electron chi connectivity index (χ4n) is 1.19. The van der Waals surface area contributed by atoms with Gasteiger partial charge in [0.1, 0.15) is 0 Å². The molecule has 0 fully saturated rings. The van der Waals surface area contributed by atoms with Gasteiger partial charge in [0.2, 0.25) is 0 Å². The zero-order valence-corrected chi connectivity index (χ0v) is 7.30. The molecule has 1 heteroatoms. The molecule has 0 spiro atoms. The van der Waals surface area contributed by atoms with E-state index < -0.39 is 0 Å². The lowest BCUT2D eigenvalue weighted by atomic mass is 9.82. The number of hydrogen-bond donors (Lipinski definition) is 0. The first-order valence-electron chi connectivity index (χ1n) is 4.08. The van der Waals surface area contributed by atoms with Crippen LogP contribution in [0.1, 0.15) is 26.7 Å². The summed E-state index contributed by atoms with van der Waals surface area (Å²) in [5.74, 6) is 0. The maximum Gasteiger partial charge on any atom is 0.0329 e. The average molecular weight is 149 g/mol. The third-order valence-corrected chi connectivity index (χ3v) is 2.37. The van der Waals surface area contributed by atoms with Crippen molar-refractivity contribution in [2.45, 2.75) is 26.7 Å². The van der Waals surface area contributed by atoms with Crippen LogP contribution in [0.4, 0.5) is 0 Å². The molecule has 1 rings (SSSR count).